The minimum Gasteiger partial charge on any atom is -0.391 e. The summed E-state index contributed by atoms with van der Waals surface area (Å²) in [5, 5.41) is 12.0. The van der Waals surface area contributed by atoms with Crippen molar-refractivity contribution in [2.24, 2.45) is 5.92 Å². The molecule has 0 saturated carbocycles. The van der Waals surface area contributed by atoms with E-state index >= 15 is 0 Å². The van der Waals surface area contributed by atoms with Crippen LogP contribution in [0.2, 0.25) is 0 Å². The average Bonchev–Trinajstić information content (AvgIpc) is 3.04. The molecular weight excluding hydrogens is 394 g/mol. The Balaban J connectivity index is 1.54. The molecule has 1 fully saturated rings. The van der Waals surface area contributed by atoms with Gasteiger partial charge in [0, 0.05) is 36.8 Å². The van der Waals surface area contributed by atoms with Crippen molar-refractivity contribution < 1.29 is 9.84 Å². The Bertz CT molecular complexity index is 889. The van der Waals surface area contributed by atoms with Crippen molar-refractivity contribution in [1.29, 1.82) is 0 Å². The molecule has 8 heteroatoms. The molecule has 154 valence electrons. The number of aryl methyl sites for hydroxylation is 1. The van der Waals surface area contributed by atoms with Crippen LogP contribution in [0.3, 0.4) is 0 Å². The van der Waals surface area contributed by atoms with Crippen molar-refractivity contribution in [3.63, 3.8) is 0 Å². The lowest BCUT2D eigenvalue weighted by Crippen LogP contribution is -2.41. The zero-order chi connectivity index (χ0) is 19.7. The summed E-state index contributed by atoms with van der Waals surface area (Å²) < 4.78 is 7.14. The number of aromatic nitrogens is 2. The fraction of sp³-hybridized carbons (Fsp3) is 0.700. The second-order valence-corrected chi connectivity index (χ2v) is 9.92. The molecule has 3 heterocycles. The SMILES string of the molecule is CCn1c(SC[C@@H](O)CN2CCOCC2)nc2sc3c(c2c1=O)CC[C@H](C)C3. The van der Waals surface area contributed by atoms with E-state index in [1.54, 1.807) is 15.9 Å². The Hall–Kier alpha value is -0.930. The number of hydrogen-bond acceptors (Lipinski definition) is 7. The topological polar surface area (TPSA) is 67.6 Å². The van der Waals surface area contributed by atoms with Gasteiger partial charge in [0.15, 0.2) is 5.16 Å². The van der Waals surface area contributed by atoms with Gasteiger partial charge in [0.25, 0.3) is 5.56 Å². The monoisotopic (exact) mass is 423 g/mol. The van der Waals surface area contributed by atoms with Gasteiger partial charge in [-0.2, -0.15) is 0 Å². The van der Waals surface area contributed by atoms with Crippen LogP contribution >= 0.6 is 23.1 Å². The van der Waals surface area contributed by atoms with E-state index < -0.39 is 6.10 Å². The highest BCUT2D eigenvalue weighted by molar-refractivity contribution is 7.99. The van der Waals surface area contributed by atoms with Crippen LogP contribution in [0.4, 0.5) is 0 Å². The number of morpholine rings is 1. The first-order valence-electron chi connectivity index (χ1n) is 10.2. The molecule has 6 nitrogen and oxygen atoms in total. The molecule has 1 aliphatic carbocycles. The largest absolute Gasteiger partial charge is 0.391 e. The van der Waals surface area contributed by atoms with Gasteiger partial charge in [-0.1, -0.05) is 18.7 Å². The van der Waals surface area contributed by atoms with Crippen LogP contribution in [-0.2, 0) is 24.1 Å². The first-order valence-corrected chi connectivity index (χ1v) is 12.0. The number of thiophene rings is 1. The molecule has 28 heavy (non-hydrogen) atoms. The lowest BCUT2D eigenvalue weighted by molar-refractivity contribution is 0.0188. The number of β-amino-alcohol motifs (C(OH)–C–C–N with tert-alkyl or cyclic N) is 1. The first kappa shape index (κ1) is 20.3. The molecule has 0 amide bonds. The van der Waals surface area contributed by atoms with Crippen molar-refractivity contribution in [1.82, 2.24) is 14.5 Å². The third-order valence-corrected chi connectivity index (χ3v) is 7.94. The molecule has 1 aliphatic heterocycles. The van der Waals surface area contributed by atoms with Gasteiger partial charge in [0.2, 0.25) is 0 Å². The Morgan fingerprint density at radius 2 is 2.18 bits per heavy atom. The first-order chi connectivity index (χ1) is 13.6. The fourth-order valence-corrected chi connectivity index (χ4v) is 6.50. The highest BCUT2D eigenvalue weighted by atomic mass is 32.2. The number of aliphatic hydroxyl groups is 1. The molecular formula is C20H29N3O3S2. The molecule has 2 aromatic rings. The van der Waals surface area contributed by atoms with Gasteiger partial charge in [-0.3, -0.25) is 14.3 Å². The second kappa shape index (κ2) is 8.83. The molecule has 2 aliphatic rings. The number of aliphatic hydroxyl groups excluding tert-OH is 1. The molecule has 0 bridgehead atoms. The smallest absolute Gasteiger partial charge is 0.263 e. The lowest BCUT2D eigenvalue weighted by Gasteiger charge is -2.28. The second-order valence-electron chi connectivity index (χ2n) is 7.85. The number of ether oxygens (including phenoxy) is 1. The predicted octanol–water partition coefficient (Wildman–Crippen LogP) is 2.39. The minimum atomic E-state index is -0.446. The lowest BCUT2D eigenvalue weighted by atomic mass is 9.89. The van der Waals surface area contributed by atoms with Gasteiger partial charge in [-0.15, -0.1) is 11.3 Å². The summed E-state index contributed by atoms with van der Waals surface area (Å²) in [5.41, 5.74) is 1.33. The maximum atomic E-state index is 13.2. The number of fused-ring (bicyclic) bond motifs is 3. The van der Waals surface area contributed by atoms with E-state index in [9.17, 15) is 9.90 Å². The maximum Gasteiger partial charge on any atom is 0.263 e. The zero-order valence-electron chi connectivity index (χ0n) is 16.6. The summed E-state index contributed by atoms with van der Waals surface area (Å²) in [6.07, 6.45) is 2.75. The molecule has 2 aromatic heterocycles. The van der Waals surface area contributed by atoms with E-state index in [1.807, 2.05) is 6.92 Å². The Kier molecular flexibility index (Phi) is 6.42. The fourth-order valence-electron chi connectivity index (χ4n) is 4.10. The summed E-state index contributed by atoms with van der Waals surface area (Å²) in [6, 6.07) is 0. The van der Waals surface area contributed by atoms with Crippen molar-refractivity contribution in [2.45, 2.75) is 50.9 Å². The zero-order valence-corrected chi connectivity index (χ0v) is 18.3. The molecule has 1 saturated heterocycles. The van der Waals surface area contributed by atoms with Gasteiger partial charge < -0.3 is 9.84 Å². The maximum absolute atomic E-state index is 13.2. The van der Waals surface area contributed by atoms with E-state index in [0.717, 1.165) is 60.9 Å². The molecule has 4 rings (SSSR count). The summed E-state index contributed by atoms with van der Waals surface area (Å²) in [5.74, 6) is 1.22. The highest BCUT2D eigenvalue weighted by Crippen LogP contribution is 2.36. The minimum absolute atomic E-state index is 0.0877. The number of rotatable bonds is 6. The van der Waals surface area contributed by atoms with Gasteiger partial charge in [-0.05, 0) is 37.7 Å². The number of nitrogens with zero attached hydrogens (tertiary/aromatic N) is 3. The average molecular weight is 424 g/mol. The molecule has 2 atom stereocenters. The van der Waals surface area contributed by atoms with Gasteiger partial charge >= 0.3 is 0 Å². The van der Waals surface area contributed by atoms with E-state index in [1.165, 1.54) is 22.2 Å². The third kappa shape index (κ3) is 4.16. The molecule has 0 spiro atoms. The van der Waals surface area contributed by atoms with E-state index in [4.69, 9.17) is 9.72 Å². The predicted molar refractivity (Wildman–Crippen MR) is 115 cm³/mol. The van der Waals surface area contributed by atoms with Crippen LogP contribution in [0, 0.1) is 5.92 Å². The normalized spacial score (nSPS) is 21.8. The van der Waals surface area contributed by atoms with Crippen LogP contribution < -0.4 is 5.56 Å². The van der Waals surface area contributed by atoms with Crippen molar-refractivity contribution >= 4 is 33.3 Å². The van der Waals surface area contributed by atoms with Gasteiger partial charge in [0.05, 0.1) is 24.7 Å². The molecule has 0 radical (unpaired) electrons. The van der Waals surface area contributed by atoms with Crippen molar-refractivity contribution in [3.8, 4) is 0 Å². The summed E-state index contributed by atoms with van der Waals surface area (Å²) in [6.45, 7) is 8.71. The quantitative estimate of drug-likeness (QED) is 0.568. The van der Waals surface area contributed by atoms with Gasteiger partial charge in [0.1, 0.15) is 4.83 Å². The summed E-state index contributed by atoms with van der Waals surface area (Å²) in [7, 11) is 0. The standard InChI is InChI=1S/C20H29N3O3S2/c1-3-23-19(25)17-15-5-4-13(2)10-16(15)28-18(17)21-20(23)27-12-14(24)11-22-6-8-26-9-7-22/h13-14,24H,3-12H2,1-2H3/t13-,14-/m0/s1. The summed E-state index contributed by atoms with van der Waals surface area (Å²) in [4.78, 5) is 22.5. The molecule has 0 unspecified atom stereocenters. The Labute approximate surface area is 173 Å². The van der Waals surface area contributed by atoms with Gasteiger partial charge in [-0.25, -0.2) is 4.98 Å². The molecule has 1 N–H and O–H groups in total. The Morgan fingerprint density at radius 1 is 1.39 bits per heavy atom. The summed E-state index contributed by atoms with van der Waals surface area (Å²) >= 11 is 3.19. The van der Waals surface area contributed by atoms with Crippen LogP contribution in [-0.4, -0.2) is 64.3 Å². The van der Waals surface area contributed by atoms with Crippen LogP contribution in [0.1, 0.15) is 30.7 Å². The van der Waals surface area contributed by atoms with Crippen molar-refractivity contribution in [2.75, 3.05) is 38.6 Å². The Morgan fingerprint density at radius 3 is 2.93 bits per heavy atom. The van der Waals surface area contributed by atoms with Crippen molar-refractivity contribution in [3.05, 3.63) is 20.8 Å². The number of hydrogen-bond donors (Lipinski definition) is 1. The molecule has 0 aromatic carbocycles. The van der Waals surface area contributed by atoms with Crippen LogP contribution in [0.15, 0.2) is 9.95 Å². The number of thioether (sulfide) groups is 1. The highest BCUT2D eigenvalue weighted by Gasteiger charge is 2.25. The third-order valence-electron chi connectivity index (χ3n) is 5.67. The van der Waals surface area contributed by atoms with E-state index in [2.05, 4.69) is 11.8 Å². The van der Waals surface area contributed by atoms with E-state index in [-0.39, 0.29) is 5.56 Å². The van der Waals surface area contributed by atoms with Crippen LogP contribution in [0.25, 0.3) is 10.2 Å². The van der Waals surface area contributed by atoms with Crippen LogP contribution in [0.5, 0.6) is 0 Å². The van der Waals surface area contributed by atoms with E-state index in [0.29, 0.717) is 24.8 Å².